The smallest absolute Gasteiger partial charge is 0.221 e. The summed E-state index contributed by atoms with van der Waals surface area (Å²) in [7, 11) is 0. The lowest BCUT2D eigenvalue weighted by Gasteiger charge is -2.21. The Morgan fingerprint density at radius 3 is 2.94 bits per heavy atom. The minimum Gasteiger partial charge on any atom is -0.475 e. The largest absolute Gasteiger partial charge is 0.475 e. The van der Waals surface area contributed by atoms with Crippen molar-refractivity contribution in [2.45, 2.75) is 6.54 Å². The molecule has 86 valence electrons. The van der Waals surface area contributed by atoms with Crippen molar-refractivity contribution in [3.63, 3.8) is 0 Å². The molecule has 0 N–H and O–H groups in total. The molecule has 0 unspecified atom stereocenters. The summed E-state index contributed by atoms with van der Waals surface area (Å²) in [6.07, 6.45) is 3.35. The Balaban J connectivity index is 1.91. The van der Waals surface area contributed by atoms with Crippen molar-refractivity contribution < 1.29 is 4.74 Å². The lowest BCUT2D eigenvalue weighted by Crippen LogP contribution is -2.25. The molecule has 0 bridgehead atoms. The van der Waals surface area contributed by atoms with E-state index in [0.29, 0.717) is 12.5 Å². The third-order valence-electron chi connectivity index (χ3n) is 2.83. The zero-order chi connectivity index (χ0) is 11.5. The molecule has 0 fully saturated rings. The fraction of sp³-hybridized carbons (Fsp3) is 0.231. The Kier molecular flexibility index (Phi) is 2.62. The molecule has 2 heterocycles. The molecule has 1 aliphatic rings. The highest BCUT2D eigenvalue weighted by atomic mass is 16.5. The third-order valence-corrected chi connectivity index (χ3v) is 2.83. The number of aromatic nitrogens is 2. The van der Waals surface area contributed by atoms with Gasteiger partial charge in [0.25, 0.3) is 0 Å². The van der Waals surface area contributed by atoms with Gasteiger partial charge in [-0.2, -0.15) is 0 Å². The molecular weight excluding hydrogens is 214 g/mol. The van der Waals surface area contributed by atoms with Gasteiger partial charge < -0.3 is 9.64 Å². The minimum atomic E-state index is 0.652. The van der Waals surface area contributed by atoms with Crippen LogP contribution in [-0.2, 0) is 6.54 Å². The van der Waals surface area contributed by atoms with Crippen molar-refractivity contribution in [2.24, 2.45) is 0 Å². The first-order chi connectivity index (χ1) is 8.43. The van der Waals surface area contributed by atoms with E-state index in [1.807, 2.05) is 24.4 Å². The maximum atomic E-state index is 5.61. The highest BCUT2D eigenvalue weighted by molar-refractivity contribution is 5.47. The SMILES string of the molecule is c1ccc(N2CCOc3ncncc3C2)cc1. The van der Waals surface area contributed by atoms with Gasteiger partial charge in [0.15, 0.2) is 0 Å². The van der Waals surface area contributed by atoms with Crippen molar-refractivity contribution in [3.05, 3.63) is 48.4 Å². The van der Waals surface area contributed by atoms with Crippen LogP contribution in [0.4, 0.5) is 5.69 Å². The quantitative estimate of drug-likeness (QED) is 0.745. The van der Waals surface area contributed by atoms with Gasteiger partial charge in [0.1, 0.15) is 12.9 Å². The molecule has 1 aromatic carbocycles. The lowest BCUT2D eigenvalue weighted by atomic mass is 10.2. The number of para-hydroxylation sites is 1. The second-order valence-corrected chi connectivity index (χ2v) is 3.96. The van der Waals surface area contributed by atoms with Gasteiger partial charge >= 0.3 is 0 Å². The average Bonchev–Trinajstić information content (AvgIpc) is 2.62. The maximum absolute atomic E-state index is 5.61. The van der Waals surface area contributed by atoms with E-state index >= 15 is 0 Å². The zero-order valence-electron chi connectivity index (χ0n) is 9.41. The summed E-state index contributed by atoms with van der Waals surface area (Å²) in [5, 5.41) is 0. The molecule has 0 amide bonds. The van der Waals surface area contributed by atoms with Gasteiger partial charge in [0.2, 0.25) is 5.88 Å². The van der Waals surface area contributed by atoms with E-state index in [9.17, 15) is 0 Å². The summed E-state index contributed by atoms with van der Waals surface area (Å²) in [6.45, 7) is 2.31. The van der Waals surface area contributed by atoms with Crippen molar-refractivity contribution in [3.8, 4) is 5.88 Å². The molecule has 4 heteroatoms. The Morgan fingerprint density at radius 2 is 2.06 bits per heavy atom. The van der Waals surface area contributed by atoms with Crippen LogP contribution in [0.25, 0.3) is 0 Å². The average molecular weight is 227 g/mol. The number of anilines is 1. The monoisotopic (exact) mass is 227 g/mol. The minimum absolute atomic E-state index is 0.652. The summed E-state index contributed by atoms with van der Waals surface area (Å²) >= 11 is 0. The van der Waals surface area contributed by atoms with Crippen LogP contribution in [0.15, 0.2) is 42.9 Å². The molecular formula is C13H13N3O. The first-order valence-electron chi connectivity index (χ1n) is 5.65. The molecule has 2 aromatic rings. The summed E-state index contributed by atoms with van der Waals surface area (Å²) in [6, 6.07) is 10.3. The summed E-state index contributed by atoms with van der Waals surface area (Å²) in [4.78, 5) is 10.5. The van der Waals surface area contributed by atoms with Crippen molar-refractivity contribution in [1.29, 1.82) is 0 Å². The molecule has 0 atom stereocenters. The number of hydrogen-bond acceptors (Lipinski definition) is 4. The van der Waals surface area contributed by atoms with Crippen molar-refractivity contribution >= 4 is 5.69 Å². The number of fused-ring (bicyclic) bond motifs is 1. The van der Waals surface area contributed by atoms with E-state index < -0.39 is 0 Å². The number of hydrogen-bond donors (Lipinski definition) is 0. The Morgan fingerprint density at radius 1 is 1.18 bits per heavy atom. The van der Waals surface area contributed by atoms with Crippen LogP contribution in [-0.4, -0.2) is 23.1 Å². The molecule has 3 rings (SSSR count). The van der Waals surface area contributed by atoms with E-state index in [2.05, 4.69) is 27.0 Å². The van der Waals surface area contributed by atoms with E-state index in [-0.39, 0.29) is 0 Å². The molecule has 1 aromatic heterocycles. The van der Waals surface area contributed by atoms with E-state index in [1.165, 1.54) is 12.0 Å². The predicted octanol–water partition coefficient (Wildman–Crippen LogP) is 1.88. The Hall–Kier alpha value is -2.10. The molecule has 0 saturated carbocycles. The summed E-state index contributed by atoms with van der Waals surface area (Å²) in [5.74, 6) is 0.707. The highest BCUT2D eigenvalue weighted by Crippen LogP contribution is 2.23. The van der Waals surface area contributed by atoms with Gasteiger partial charge in [-0.25, -0.2) is 9.97 Å². The van der Waals surface area contributed by atoms with Gasteiger partial charge in [0.05, 0.1) is 12.1 Å². The number of rotatable bonds is 1. The normalized spacial score (nSPS) is 14.7. The Bertz CT molecular complexity index is 501. The van der Waals surface area contributed by atoms with Crippen LogP contribution < -0.4 is 9.64 Å². The van der Waals surface area contributed by atoms with Crippen LogP contribution in [0.1, 0.15) is 5.56 Å². The van der Waals surface area contributed by atoms with Crippen LogP contribution in [0, 0.1) is 0 Å². The molecule has 0 spiro atoms. The summed E-state index contributed by atoms with van der Waals surface area (Å²) in [5.41, 5.74) is 2.24. The second kappa shape index (κ2) is 4.41. The first-order valence-corrected chi connectivity index (χ1v) is 5.65. The molecule has 0 saturated heterocycles. The third kappa shape index (κ3) is 2.06. The van der Waals surface area contributed by atoms with E-state index in [0.717, 1.165) is 18.7 Å². The summed E-state index contributed by atoms with van der Waals surface area (Å²) < 4.78 is 5.61. The maximum Gasteiger partial charge on any atom is 0.221 e. The molecule has 17 heavy (non-hydrogen) atoms. The molecule has 0 radical (unpaired) electrons. The van der Waals surface area contributed by atoms with Crippen LogP contribution >= 0.6 is 0 Å². The van der Waals surface area contributed by atoms with Gasteiger partial charge in [-0.1, -0.05) is 18.2 Å². The van der Waals surface area contributed by atoms with Gasteiger partial charge in [0, 0.05) is 18.4 Å². The molecule has 4 nitrogen and oxygen atoms in total. The van der Waals surface area contributed by atoms with E-state index in [4.69, 9.17) is 4.74 Å². The van der Waals surface area contributed by atoms with Crippen LogP contribution in [0.5, 0.6) is 5.88 Å². The second-order valence-electron chi connectivity index (χ2n) is 3.96. The fourth-order valence-corrected chi connectivity index (χ4v) is 1.98. The molecule has 0 aliphatic carbocycles. The van der Waals surface area contributed by atoms with Crippen LogP contribution in [0.2, 0.25) is 0 Å². The van der Waals surface area contributed by atoms with E-state index in [1.54, 1.807) is 0 Å². The predicted molar refractivity (Wildman–Crippen MR) is 65.0 cm³/mol. The topological polar surface area (TPSA) is 38.2 Å². The number of ether oxygens (including phenoxy) is 1. The standard InChI is InChI=1S/C13H13N3O/c1-2-4-12(5-3-1)16-6-7-17-13-11(9-16)8-14-10-15-13/h1-5,8,10H,6-7,9H2. The lowest BCUT2D eigenvalue weighted by molar-refractivity contribution is 0.318. The number of nitrogens with zero attached hydrogens (tertiary/aromatic N) is 3. The number of benzene rings is 1. The Labute approximate surface area is 99.9 Å². The fourth-order valence-electron chi connectivity index (χ4n) is 1.98. The van der Waals surface area contributed by atoms with Gasteiger partial charge in [-0.3, -0.25) is 0 Å². The highest BCUT2D eigenvalue weighted by Gasteiger charge is 2.16. The first kappa shape index (κ1) is 10.1. The van der Waals surface area contributed by atoms with Gasteiger partial charge in [-0.05, 0) is 12.1 Å². The van der Waals surface area contributed by atoms with Crippen molar-refractivity contribution in [1.82, 2.24) is 9.97 Å². The van der Waals surface area contributed by atoms with Gasteiger partial charge in [-0.15, -0.1) is 0 Å². The van der Waals surface area contributed by atoms with Crippen molar-refractivity contribution in [2.75, 3.05) is 18.1 Å². The van der Waals surface area contributed by atoms with Crippen LogP contribution in [0.3, 0.4) is 0 Å². The zero-order valence-corrected chi connectivity index (χ0v) is 9.41. The molecule has 1 aliphatic heterocycles.